The average molecular weight is 576 g/mol. The number of nitrogens with zero attached hydrogens (tertiary/aromatic N) is 3. The molecule has 2 aliphatic heterocycles. The van der Waals surface area contributed by atoms with Crippen molar-refractivity contribution in [1.29, 1.82) is 0 Å². The fourth-order valence-electron chi connectivity index (χ4n) is 5.42. The van der Waals surface area contributed by atoms with Gasteiger partial charge in [-0.15, -0.1) is 11.8 Å². The molecule has 3 heterocycles. The van der Waals surface area contributed by atoms with Crippen molar-refractivity contribution in [3.63, 3.8) is 0 Å². The lowest BCUT2D eigenvalue weighted by molar-refractivity contribution is 0.0530. The molecule has 3 N–H and O–H groups in total. The number of carbonyl (C=O) groups excluding carboxylic acids is 1. The normalized spacial score (nSPS) is 20.6. The van der Waals surface area contributed by atoms with Gasteiger partial charge in [0.15, 0.2) is 0 Å². The smallest absolute Gasteiger partial charge is 0.259 e. The summed E-state index contributed by atoms with van der Waals surface area (Å²) in [6.45, 7) is 5.40. The minimum absolute atomic E-state index is 0.132. The van der Waals surface area contributed by atoms with E-state index >= 15 is 0 Å². The number of rotatable bonds is 9. The molecule has 212 valence electrons. The molecule has 0 unspecified atom stereocenters. The summed E-state index contributed by atoms with van der Waals surface area (Å²) in [6.07, 6.45) is 8.23. The van der Waals surface area contributed by atoms with Crippen LogP contribution in [0.2, 0.25) is 0 Å². The fourth-order valence-corrected chi connectivity index (χ4v) is 6.79. The molecule has 3 aliphatic rings. The van der Waals surface area contributed by atoms with Gasteiger partial charge in [0.05, 0.1) is 42.0 Å². The Labute approximate surface area is 234 Å². The maximum absolute atomic E-state index is 13.6. The van der Waals surface area contributed by atoms with Gasteiger partial charge in [0.2, 0.25) is 10.0 Å². The Balaban J connectivity index is 1.41. The number of anilines is 4. The van der Waals surface area contributed by atoms with E-state index in [0.29, 0.717) is 29.0 Å². The summed E-state index contributed by atoms with van der Waals surface area (Å²) in [5, 5.41) is 12.1. The first kappa shape index (κ1) is 28.0. The number of ether oxygens (including phenoxy) is 1. The van der Waals surface area contributed by atoms with E-state index in [1.807, 2.05) is 24.5 Å². The number of thioether (sulfide) groups is 1. The highest BCUT2D eigenvalue weighted by molar-refractivity contribution is 7.98. The zero-order valence-corrected chi connectivity index (χ0v) is 24.1. The standard InChI is InChI=1S/C27H37N5O5S2/c1-19-18-32(11-13-37-19)23-15-20(3-4-24(23)38-2)29-26(34)21-17-28-25(30-39(35,36)14-12-33)16-22(21)31-9-7-27(5-6-27)8-10-31/h3-4,15-17,19,33H,5-14,18H2,1-2H3,(H,28,30)(H,29,34)/t19-/m0/s1. The van der Waals surface area contributed by atoms with Crippen molar-refractivity contribution in [2.75, 3.05) is 71.2 Å². The van der Waals surface area contributed by atoms with Crippen molar-refractivity contribution in [2.45, 2.75) is 43.6 Å². The maximum atomic E-state index is 13.6. The zero-order valence-electron chi connectivity index (χ0n) is 22.5. The van der Waals surface area contributed by atoms with Crippen LogP contribution in [0.25, 0.3) is 0 Å². The van der Waals surface area contributed by atoms with Gasteiger partial charge in [-0.05, 0) is 62.5 Å². The second-order valence-electron chi connectivity index (χ2n) is 10.7. The van der Waals surface area contributed by atoms with Gasteiger partial charge in [-0.2, -0.15) is 0 Å². The van der Waals surface area contributed by atoms with E-state index in [2.05, 4.69) is 31.7 Å². The number of hydrogen-bond acceptors (Lipinski definition) is 9. The Hall–Kier alpha value is -2.54. The van der Waals surface area contributed by atoms with Crippen LogP contribution in [0, 0.1) is 5.41 Å². The Morgan fingerprint density at radius 3 is 2.59 bits per heavy atom. The molecule has 1 aromatic carbocycles. The number of aliphatic hydroxyl groups excluding tert-OH is 1. The molecule has 0 radical (unpaired) electrons. The number of piperidine rings is 1. The summed E-state index contributed by atoms with van der Waals surface area (Å²) in [6, 6.07) is 7.56. The summed E-state index contributed by atoms with van der Waals surface area (Å²) < 4.78 is 32.7. The second-order valence-corrected chi connectivity index (χ2v) is 13.4. The molecule has 1 aromatic heterocycles. The van der Waals surface area contributed by atoms with Crippen LogP contribution in [0.5, 0.6) is 0 Å². The van der Waals surface area contributed by atoms with Gasteiger partial charge in [0.25, 0.3) is 5.91 Å². The molecular formula is C27H37N5O5S2. The number of sulfonamides is 1. The molecular weight excluding hydrogens is 538 g/mol. The summed E-state index contributed by atoms with van der Waals surface area (Å²) in [7, 11) is -3.75. The van der Waals surface area contributed by atoms with E-state index in [4.69, 9.17) is 9.84 Å². The van der Waals surface area contributed by atoms with E-state index in [1.54, 1.807) is 17.8 Å². The largest absolute Gasteiger partial charge is 0.395 e. The Kier molecular flexibility index (Phi) is 8.27. The quantitative estimate of drug-likeness (QED) is 0.386. The van der Waals surface area contributed by atoms with Crippen LogP contribution in [0.1, 0.15) is 43.0 Å². The second kappa shape index (κ2) is 11.5. The lowest BCUT2D eigenvalue weighted by Gasteiger charge is -2.35. The van der Waals surface area contributed by atoms with Crippen molar-refractivity contribution in [1.82, 2.24) is 4.98 Å². The Morgan fingerprint density at radius 2 is 1.92 bits per heavy atom. The van der Waals surface area contributed by atoms with Crippen molar-refractivity contribution < 1.29 is 23.1 Å². The molecule has 2 aromatic rings. The lowest BCUT2D eigenvalue weighted by Crippen LogP contribution is -2.41. The molecule has 5 rings (SSSR count). The van der Waals surface area contributed by atoms with Crippen LogP contribution in [0.3, 0.4) is 0 Å². The average Bonchev–Trinajstić information content (AvgIpc) is 3.67. The van der Waals surface area contributed by atoms with E-state index in [9.17, 15) is 13.2 Å². The number of carbonyl (C=O) groups is 1. The van der Waals surface area contributed by atoms with E-state index < -0.39 is 22.4 Å². The van der Waals surface area contributed by atoms with Gasteiger partial charge < -0.3 is 25.0 Å². The number of nitrogens with one attached hydrogen (secondary N) is 2. The molecule has 39 heavy (non-hydrogen) atoms. The highest BCUT2D eigenvalue weighted by Crippen LogP contribution is 2.54. The van der Waals surface area contributed by atoms with Crippen molar-refractivity contribution >= 4 is 50.6 Å². The molecule has 1 spiro atoms. The number of benzene rings is 1. The minimum Gasteiger partial charge on any atom is -0.395 e. The van der Waals surface area contributed by atoms with E-state index in [-0.39, 0.29) is 17.8 Å². The first-order chi connectivity index (χ1) is 18.7. The predicted octanol–water partition coefficient (Wildman–Crippen LogP) is 3.40. The third-order valence-corrected chi connectivity index (χ3v) is 9.91. The highest BCUT2D eigenvalue weighted by atomic mass is 32.2. The topological polar surface area (TPSA) is 124 Å². The molecule has 1 saturated carbocycles. The number of pyridine rings is 1. The predicted molar refractivity (Wildman–Crippen MR) is 156 cm³/mol. The molecule has 0 bridgehead atoms. The van der Waals surface area contributed by atoms with Crippen LogP contribution in [0.4, 0.5) is 22.9 Å². The lowest BCUT2D eigenvalue weighted by atomic mass is 9.93. The molecule has 2 saturated heterocycles. The van der Waals surface area contributed by atoms with Gasteiger partial charge in [0.1, 0.15) is 5.82 Å². The summed E-state index contributed by atoms with van der Waals surface area (Å²) in [4.78, 5) is 23.4. The van der Waals surface area contributed by atoms with E-state index in [0.717, 1.165) is 49.6 Å². The number of aliphatic hydroxyl groups is 1. The molecule has 10 nitrogen and oxygen atoms in total. The van der Waals surface area contributed by atoms with Gasteiger partial charge in [-0.25, -0.2) is 13.4 Å². The monoisotopic (exact) mass is 575 g/mol. The summed E-state index contributed by atoms with van der Waals surface area (Å²) in [5.74, 6) is -0.587. The molecule has 1 aliphatic carbocycles. The molecule has 1 atom stereocenters. The summed E-state index contributed by atoms with van der Waals surface area (Å²) in [5.41, 5.74) is 3.24. The van der Waals surface area contributed by atoms with Crippen LogP contribution >= 0.6 is 11.8 Å². The third kappa shape index (κ3) is 6.62. The zero-order chi connectivity index (χ0) is 27.6. The first-order valence-corrected chi connectivity index (χ1v) is 16.3. The SMILES string of the molecule is CSc1ccc(NC(=O)c2cnc(NS(=O)(=O)CCO)cc2N2CCC3(CC2)CC3)cc1N1CCO[C@@H](C)C1. The van der Waals surface area contributed by atoms with Gasteiger partial charge in [-0.1, -0.05) is 0 Å². The van der Waals surface area contributed by atoms with Crippen molar-refractivity contribution in [3.05, 3.63) is 36.0 Å². The Bertz CT molecular complexity index is 1310. The molecule has 1 amide bonds. The highest BCUT2D eigenvalue weighted by Gasteiger charge is 2.44. The minimum atomic E-state index is -3.75. The number of aromatic nitrogens is 1. The van der Waals surface area contributed by atoms with Crippen molar-refractivity contribution in [3.8, 4) is 0 Å². The maximum Gasteiger partial charge on any atom is 0.259 e. The summed E-state index contributed by atoms with van der Waals surface area (Å²) >= 11 is 1.67. The molecule has 12 heteroatoms. The van der Waals surface area contributed by atoms with Crippen molar-refractivity contribution in [2.24, 2.45) is 5.41 Å². The first-order valence-electron chi connectivity index (χ1n) is 13.4. The van der Waals surface area contributed by atoms with Crippen LogP contribution in [-0.2, 0) is 14.8 Å². The number of morpholine rings is 1. The van der Waals surface area contributed by atoms with Gasteiger partial charge in [0, 0.05) is 49.0 Å². The Morgan fingerprint density at radius 1 is 1.15 bits per heavy atom. The van der Waals surface area contributed by atoms with Crippen LogP contribution < -0.4 is 19.8 Å². The fraction of sp³-hybridized carbons (Fsp3) is 0.556. The van der Waals surface area contributed by atoms with Gasteiger partial charge in [-0.3, -0.25) is 9.52 Å². The van der Waals surface area contributed by atoms with Gasteiger partial charge >= 0.3 is 0 Å². The van der Waals surface area contributed by atoms with Crippen LogP contribution in [-0.4, -0.2) is 81.9 Å². The van der Waals surface area contributed by atoms with Crippen LogP contribution in [0.15, 0.2) is 35.4 Å². The third-order valence-electron chi connectivity index (χ3n) is 7.89. The van der Waals surface area contributed by atoms with E-state index in [1.165, 1.54) is 19.0 Å². The number of hydrogen-bond donors (Lipinski definition) is 3. The number of amides is 1. The molecule has 3 fully saturated rings.